The van der Waals surface area contributed by atoms with Gasteiger partial charge in [-0.3, -0.25) is 0 Å². The zero-order valence-electron chi connectivity index (χ0n) is 11.5. The standard InChI is InChI=1S/C15H20N2OS/c1-3-5-14-17-15(13(19-14)8-9-16)11-6-4-7-12(10-11)18-2/h4,6-7,10H,3,5,8-9,16H2,1-2H3. The van der Waals surface area contributed by atoms with Crippen LogP contribution in [0.3, 0.4) is 0 Å². The van der Waals surface area contributed by atoms with Gasteiger partial charge in [0.2, 0.25) is 0 Å². The molecular formula is C15H20N2OS. The molecule has 1 aromatic carbocycles. The smallest absolute Gasteiger partial charge is 0.119 e. The normalized spacial score (nSPS) is 10.7. The SMILES string of the molecule is CCCc1nc(-c2cccc(OC)c2)c(CCN)s1. The maximum atomic E-state index is 5.70. The summed E-state index contributed by atoms with van der Waals surface area (Å²) in [6.45, 7) is 2.83. The van der Waals surface area contributed by atoms with E-state index in [1.54, 1.807) is 18.4 Å². The number of aryl methyl sites for hydroxylation is 1. The molecule has 0 unspecified atom stereocenters. The largest absolute Gasteiger partial charge is 0.497 e. The van der Waals surface area contributed by atoms with Crippen LogP contribution in [-0.4, -0.2) is 18.6 Å². The lowest BCUT2D eigenvalue weighted by atomic mass is 10.1. The van der Waals surface area contributed by atoms with Gasteiger partial charge in [-0.15, -0.1) is 11.3 Å². The van der Waals surface area contributed by atoms with Crippen molar-refractivity contribution in [2.24, 2.45) is 5.73 Å². The van der Waals surface area contributed by atoms with Gasteiger partial charge in [0, 0.05) is 10.4 Å². The summed E-state index contributed by atoms with van der Waals surface area (Å²) in [5, 5.41) is 1.20. The number of thiazole rings is 1. The second kappa shape index (κ2) is 6.68. The van der Waals surface area contributed by atoms with Crippen molar-refractivity contribution in [3.05, 3.63) is 34.2 Å². The monoisotopic (exact) mass is 276 g/mol. The average Bonchev–Trinajstić information content (AvgIpc) is 2.83. The van der Waals surface area contributed by atoms with E-state index in [2.05, 4.69) is 13.0 Å². The number of hydrogen-bond acceptors (Lipinski definition) is 4. The zero-order chi connectivity index (χ0) is 13.7. The molecule has 4 heteroatoms. The molecule has 0 aliphatic rings. The fraction of sp³-hybridized carbons (Fsp3) is 0.400. The van der Waals surface area contributed by atoms with Crippen LogP contribution in [-0.2, 0) is 12.8 Å². The summed E-state index contributed by atoms with van der Waals surface area (Å²) in [6, 6.07) is 8.06. The number of aromatic nitrogens is 1. The van der Waals surface area contributed by atoms with Crippen molar-refractivity contribution in [1.29, 1.82) is 0 Å². The highest BCUT2D eigenvalue weighted by Gasteiger charge is 2.12. The maximum Gasteiger partial charge on any atom is 0.119 e. The summed E-state index contributed by atoms with van der Waals surface area (Å²) in [7, 11) is 1.68. The highest BCUT2D eigenvalue weighted by molar-refractivity contribution is 7.12. The van der Waals surface area contributed by atoms with Gasteiger partial charge in [0.15, 0.2) is 0 Å². The van der Waals surface area contributed by atoms with Crippen molar-refractivity contribution < 1.29 is 4.74 Å². The zero-order valence-corrected chi connectivity index (χ0v) is 12.3. The number of benzene rings is 1. The molecule has 102 valence electrons. The topological polar surface area (TPSA) is 48.1 Å². The summed E-state index contributed by atoms with van der Waals surface area (Å²) in [5.74, 6) is 0.862. The van der Waals surface area contributed by atoms with E-state index in [-0.39, 0.29) is 0 Å². The molecule has 0 fully saturated rings. The maximum absolute atomic E-state index is 5.70. The third-order valence-electron chi connectivity index (χ3n) is 2.92. The minimum absolute atomic E-state index is 0.657. The molecule has 19 heavy (non-hydrogen) atoms. The summed E-state index contributed by atoms with van der Waals surface area (Å²) in [6.07, 6.45) is 3.03. The van der Waals surface area contributed by atoms with Crippen LogP contribution in [0.2, 0.25) is 0 Å². The minimum atomic E-state index is 0.657. The van der Waals surface area contributed by atoms with Crippen LogP contribution in [0, 0.1) is 0 Å². The van der Waals surface area contributed by atoms with Gasteiger partial charge in [-0.1, -0.05) is 19.1 Å². The molecule has 0 aliphatic carbocycles. The Kier molecular flexibility index (Phi) is 4.93. The van der Waals surface area contributed by atoms with Gasteiger partial charge in [0.1, 0.15) is 5.75 Å². The summed E-state index contributed by atoms with van der Waals surface area (Å²) in [4.78, 5) is 6.05. The third kappa shape index (κ3) is 3.33. The molecule has 3 nitrogen and oxygen atoms in total. The van der Waals surface area contributed by atoms with Crippen molar-refractivity contribution >= 4 is 11.3 Å². The molecule has 0 amide bonds. The lowest BCUT2D eigenvalue weighted by Crippen LogP contribution is -2.02. The summed E-state index contributed by atoms with van der Waals surface area (Å²) < 4.78 is 5.28. The lowest BCUT2D eigenvalue weighted by Gasteiger charge is -2.04. The quantitative estimate of drug-likeness (QED) is 0.881. The molecule has 2 N–H and O–H groups in total. The molecule has 0 aliphatic heterocycles. The Bertz CT molecular complexity index is 537. The molecule has 0 saturated carbocycles. The van der Waals surface area contributed by atoms with Gasteiger partial charge in [-0.05, 0) is 37.9 Å². The Hall–Kier alpha value is -1.39. The number of methoxy groups -OCH3 is 1. The van der Waals surface area contributed by atoms with E-state index in [0.717, 1.165) is 36.3 Å². The highest BCUT2D eigenvalue weighted by atomic mass is 32.1. The number of hydrogen-bond donors (Lipinski definition) is 1. The van der Waals surface area contributed by atoms with Crippen LogP contribution >= 0.6 is 11.3 Å². The Labute approximate surface area is 118 Å². The molecule has 0 saturated heterocycles. The minimum Gasteiger partial charge on any atom is -0.497 e. The molecule has 2 aromatic rings. The van der Waals surface area contributed by atoms with Gasteiger partial charge in [0.05, 0.1) is 17.8 Å². The Morgan fingerprint density at radius 1 is 1.32 bits per heavy atom. The molecule has 2 rings (SSSR count). The second-order valence-electron chi connectivity index (χ2n) is 4.40. The van der Waals surface area contributed by atoms with Crippen molar-refractivity contribution in [3.63, 3.8) is 0 Å². The first-order valence-corrected chi connectivity index (χ1v) is 7.43. The van der Waals surface area contributed by atoms with Crippen molar-refractivity contribution in [3.8, 4) is 17.0 Å². The van der Waals surface area contributed by atoms with Crippen molar-refractivity contribution in [1.82, 2.24) is 4.98 Å². The third-order valence-corrected chi connectivity index (χ3v) is 4.09. The molecule has 0 atom stereocenters. The van der Waals surface area contributed by atoms with Gasteiger partial charge < -0.3 is 10.5 Å². The Morgan fingerprint density at radius 3 is 2.84 bits per heavy atom. The number of rotatable bonds is 6. The first-order chi connectivity index (χ1) is 9.28. The highest BCUT2D eigenvalue weighted by Crippen LogP contribution is 2.31. The van der Waals surface area contributed by atoms with E-state index in [0.29, 0.717) is 6.54 Å². The predicted molar refractivity (Wildman–Crippen MR) is 80.9 cm³/mol. The number of nitrogens with zero attached hydrogens (tertiary/aromatic N) is 1. The average molecular weight is 276 g/mol. The van der Waals surface area contributed by atoms with E-state index in [1.807, 2.05) is 18.2 Å². The summed E-state index contributed by atoms with van der Waals surface area (Å²) in [5.41, 5.74) is 7.88. The number of ether oxygens (including phenoxy) is 1. The van der Waals surface area contributed by atoms with Crippen LogP contribution in [0.25, 0.3) is 11.3 Å². The fourth-order valence-corrected chi connectivity index (χ4v) is 3.23. The molecule has 1 aromatic heterocycles. The van der Waals surface area contributed by atoms with E-state index in [1.165, 1.54) is 9.88 Å². The van der Waals surface area contributed by atoms with E-state index < -0.39 is 0 Å². The predicted octanol–water partition coefficient (Wildman–Crippen LogP) is 3.27. The fourth-order valence-electron chi connectivity index (χ4n) is 2.02. The van der Waals surface area contributed by atoms with Gasteiger partial charge >= 0.3 is 0 Å². The molecular weight excluding hydrogens is 256 g/mol. The van der Waals surface area contributed by atoms with Gasteiger partial charge in [-0.2, -0.15) is 0 Å². The van der Waals surface area contributed by atoms with E-state index in [4.69, 9.17) is 15.5 Å². The van der Waals surface area contributed by atoms with Crippen LogP contribution in [0.5, 0.6) is 5.75 Å². The van der Waals surface area contributed by atoms with Crippen LogP contribution in [0.1, 0.15) is 23.2 Å². The van der Waals surface area contributed by atoms with Crippen molar-refractivity contribution in [2.75, 3.05) is 13.7 Å². The first-order valence-electron chi connectivity index (χ1n) is 6.61. The Morgan fingerprint density at radius 2 is 2.16 bits per heavy atom. The molecule has 0 radical (unpaired) electrons. The van der Waals surface area contributed by atoms with Gasteiger partial charge in [0.25, 0.3) is 0 Å². The molecule has 1 heterocycles. The van der Waals surface area contributed by atoms with E-state index in [9.17, 15) is 0 Å². The van der Waals surface area contributed by atoms with E-state index >= 15 is 0 Å². The Balaban J connectivity index is 2.40. The van der Waals surface area contributed by atoms with Crippen molar-refractivity contribution in [2.45, 2.75) is 26.2 Å². The molecule has 0 bridgehead atoms. The van der Waals surface area contributed by atoms with Gasteiger partial charge in [-0.25, -0.2) is 4.98 Å². The van der Waals surface area contributed by atoms with Crippen LogP contribution < -0.4 is 10.5 Å². The first kappa shape index (κ1) is 14.0. The molecule has 0 spiro atoms. The lowest BCUT2D eigenvalue weighted by molar-refractivity contribution is 0.415. The van der Waals surface area contributed by atoms with Crippen LogP contribution in [0.15, 0.2) is 24.3 Å². The number of nitrogens with two attached hydrogens (primary N) is 1. The second-order valence-corrected chi connectivity index (χ2v) is 5.57. The summed E-state index contributed by atoms with van der Waals surface area (Å²) >= 11 is 1.79. The van der Waals surface area contributed by atoms with Crippen LogP contribution in [0.4, 0.5) is 0 Å².